The highest BCUT2D eigenvalue weighted by molar-refractivity contribution is 6.30. The first-order valence-corrected chi connectivity index (χ1v) is 37.8. The van der Waals surface area contributed by atoms with E-state index in [9.17, 15) is 39.5 Å². The predicted molar refractivity (Wildman–Crippen MR) is 439 cm³/mol. The van der Waals surface area contributed by atoms with Gasteiger partial charge in [0, 0.05) is 49.1 Å². The van der Waals surface area contributed by atoms with E-state index in [1.165, 1.54) is 109 Å². The van der Waals surface area contributed by atoms with Crippen molar-refractivity contribution >= 4 is 11.6 Å². The summed E-state index contributed by atoms with van der Waals surface area (Å²) in [5.41, 5.74) is 33.3. The summed E-state index contributed by atoms with van der Waals surface area (Å²) in [5.74, 6) is 0.398. The van der Waals surface area contributed by atoms with Gasteiger partial charge in [0.25, 0.3) is 0 Å². The number of hydrogen-bond donors (Lipinski definition) is 5. The minimum absolute atomic E-state index is 0.00352. The number of halogens is 10. The quantitative estimate of drug-likeness (QED) is 0.0259. The van der Waals surface area contributed by atoms with Crippen LogP contribution in [0.1, 0.15) is 114 Å². The first-order chi connectivity index (χ1) is 55.7. The van der Waals surface area contributed by atoms with Crippen LogP contribution in [-0.4, -0.2) is 65.4 Å². The first kappa shape index (κ1) is 91.0. The molecule has 0 saturated carbocycles. The van der Waals surface area contributed by atoms with Crippen molar-refractivity contribution < 1.29 is 67.9 Å². The molecule has 10 N–H and O–H groups in total. The maximum atomic E-state index is 13.6. The molecule has 0 bridgehead atoms. The normalized spacial score (nSPS) is 12.0. The van der Waals surface area contributed by atoms with Crippen LogP contribution in [0, 0.1) is 52.4 Å². The molecule has 12 aromatic carbocycles. The van der Waals surface area contributed by atoms with Gasteiger partial charge in [-0.1, -0.05) is 151 Å². The predicted octanol–water partition coefficient (Wildman–Crippen LogP) is 21.5. The molecule has 0 radical (unpaired) electrons. The zero-order valence-corrected chi connectivity index (χ0v) is 65.1. The van der Waals surface area contributed by atoms with Crippen molar-refractivity contribution in [2.45, 2.75) is 75.0 Å². The van der Waals surface area contributed by atoms with Gasteiger partial charge >= 0.3 is 0 Å². The number of hydrogen-bond acceptors (Lipinski definition) is 12. The fraction of sp³-hybridized carbons (Fsp3) is 0.226. The van der Waals surface area contributed by atoms with E-state index in [-0.39, 0.29) is 82.6 Å². The van der Waals surface area contributed by atoms with Crippen molar-refractivity contribution in [2.24, 2.45) is 28.7 Å². The average molecular weight is 1600 g/mol. The summed E-state index contributed by atoms with van der Waals surface area (Å²) in [4.78, 5) is 2.07. The zero-order valence-electron chi connectivity index (χ0n) is 64.3. The summed E-state index contributed by atoms with van der Waals surface area (Å²) >= 11 is 5.91. The Morgan fingerprint density at radius 3 is 0.896 bits per heavy atom. The summed E-state index contributed by atoms with van der Waals surface area (Å²) in [5, 5.41) is 0.600. The third-order valence-corrected chi connectivity index (χ3v) is 17.5. The highest BCUT2D eigenvalue weighted by Crippen LogP contribution is 2.35. The summed E-state index contributed by atoms with van der Waals surface area (Å²) in [6, 6.07) is 80.5. The Hall–Kier alpha value is -11.1. The zero-order chi connectivity index (χ0) is 82.7. The van der Waals surface area contributed by atoms with Gasteiger partial charge in [-0.05, 0) is 250 Å². The lowest BCUT2D eigenvalue weighted by atomic mass is 9.88. The van der Waals surface area contributed by atoms with Crippen LogP contribution < -0.4 is 57.1 Å². The van der Waals surface area contributed by atoms with Crippen molar-refractivity contribution in [3.05, 3.63) is 394 Å². The highest BCUT2D eigenvalue weighted by atomic mass is 35.5. The Balaban J connectivity index is 0.000000191. The third-order valence-electron chi connectivity index (χ3n) is 17.2. The molecule has 0 aliphatic carbocycles. The fourth-order valence-corrected chi connectivity index (χ4v) is 11.9. The maximum Gasteiger partial charge on any atom is 0.165 e. The second kappa shape index (κ2) is 50.2. The number of nitrogens with two attached hydrogens (primary N) is 5. The topological polar surface area (TPSA) is 189 Å². The van der Waals surface area contributed by atoms with Gasteiger partial charge in [-0.25, -0.2) is 39.5 Å². The van der Waals surface area contributed by atoms with Crippen LogP contribution in [0.3, 0.4) is 0 Å². The summed E-state index contributed by atoms with van der Waals surface area (Å²) in [6.45, 7) is 3.04. The van der Waals surface area contributed by atoms with Crippen LogP contribution >= 0.6 is 11.6 Å². The van der Waals surface area contributed by atoms with E-state index < -0.39 is 11.9 Å². The van der Waals surface area contributed by atoms with Crippen LogP contribution in [0.15, 0.2) is 297 Å². The second-order valence-electron chi connectivity index (χ2n) is 26.3. The molecule has 0 spiro atoms. The van der Waals surface area contributed by atoms with Gasteiger partial charge in [0.15, 0.2) is 23.1 Å². The monoisotopic (exact) mass is 1600 g/mol. The SMILES string of the molecule is CN(C)CCC(c1cccc(F)c1)c1cccc(F)c1.COc1ccccc1OC(CCN)c1cccc(F)c1.NCCC(Oc1cccc(Cl)c1)c1cccc(F)c1.NCCC(Oc1cccc(F)c1)c1cccc(F)c1.NCCC(Oc1ccccc1)c1cccc(F)c1.NCCC(Oc1ccccc1F)c1cccc(F)c1. The molecule has 5 unspecified atom stereocenters. The van der Waals surface area contributed by atoms with Gasteiger partial charge in [-0.15, -0.1) is 0 Å². The van der Waals surface area contributed by atoms with Crippen molar-refractivity contribution in [1.29, 1.82) is 0 Å². The van der Waals surface area contributed by atoms with E-state index in [1.54, 1.807) is 98.1 Å². The fourth-order valence-electron chi connectivity index (χ4n) is 11.8. The van der Waals surface area contributed by atoms with Gasteiger partial charge in [0.2, 0.25) is 0 Å². The molecule has 0 aromatic heterocycles. The van der Waals surface area contributed by atoms with Gasteiger partial charge in [-0.2, -0.15) is 0 Å². The van der Waals surface area contributed by atoms with Crippen molar-refractivity contribution in [2.75, 3.05) is 60.5 Å². The number of ether oxygens (including phenoxy) is 6. The molecule has 0 heterocycles. The molecule has 606 valence electrons. The third kappa shape index (κ3) is 32.7. The van der Waals surface area contributed by atoms with Crippen LogP contribution in [0.5, 0.6) is 34.5 Å². The molecule has 0 amide bonds. The highest BCUT2D eigenvalue weighted by Gasteiger charge is 2.21. The summed E-state index contributed by atoms with van der Waals surface area (Å²) < 4.78 is 154. The van der Waals surface area contributed by atoms with Crippen LogP contribution in [0.4, 0.5) is 39.5 Å². The molecule has 115 heavy (non-hydrogen) atoms. The molecule has 0 aliphatic heterocycles. The molecule has 0 fully saturated rings. The molecule has 12 nitrogen and oxygen atoms in total. The Morgan fingerprint density at radius 1 is 0.278 bits per heavy atom. The number of methoxy groups -OCH3 is 1. The molecule has 0 saturated heterocycles. The van der Waals surface area contributed by atoms with E-state index in [1.807, 2.05) is 111 Å². The summed E-state index contributed by atoms with van der Waals surface area (Å²) in [7, 11) is 5.57. The number of rotatable bonds is 31. The first-order valence-electron chi connectivity index (χ1n) is 37.4. The van der Waals surface area contributed by atoms with Crippen LogP contribution in [-0.2, 0) is 0 Å². The molecule has 12 aromatic rings. The molecule has 22 heteroatoms. The van der Waals surface area contributed by atoms with Crippen LogP contribution in [0.25, 0.3) is 0 Å². The lowest BCUT2D eigenvalue weighted by Crippen LogP contribution is -2.16. The van der Waals surface area contributed by atoms with Crippen molar-refractivity contribution in [3.8, 4) is 34.5 Å². The summed E-state index contributed by atoms with van der Waals surface area (Å²) in [6.07, 6.45) is 2.05. The lowest BCUT2D eigenvalue weighted by Gasteiger charge is -2.20. The molecule has 5 atom stereocenters. The Kier molecular flexibility index (Phi) is 39.7. The van der Waals surface area contributed by atoms with E-state index in [0.29, 0.717) is 104 Å². The number of nitrogens with zero attached hydrogens (tertiary/aromatic N) is 1. The van der Waals surface area contributed by atoms with E-state index in [0.717, 1.165) is 46.5 Å². The minimum Gasteiger partial charge on any atom is -0.493 e. The average Bonchev–Trinajstić information content (AvgIpc) is 0.861. The molecule has 12 rings (SSSR count). The Bertz CT molecular complexity index is 4650. The van der Waals surface area contributed by atoms with Crippen molar-refractivity contribution in [1.82, 2.24) is 4.90 Å². The van der Waals surface area contributed by atoms with E-state index in [4.69, 9.17) is 68.7 Å². The Labute approximate surface area is 673 Å². The Morgan fingerprint density at radius 2 is 0.557 bits per heavy atom. The minimum atomic E-state index is -0.461. The van der Waals surface area contributed by atoms with Crippen LogP contribution in [0.2, 0.25) is 5.02 Å². The van der Waals surface area contributed by atoms with E-state index >= 15 is 0 Å². The largest absolute Gasteiger partial charge is 0.493 e. The standard InChI is InChI=1S/C17H19F2N.C16H18FNO2.C15H15ClFNO.2C15H15F2NO.C15H16FNO/c1-20(2)10-9-17(13-5-3-7-15(18)11-13)14-6-4-8-16(19)12-14;1-19-15-7-2-3-8-16(15)20-14(9-10-18)12-5-4-6-13(17)11-12;16-12-4-2-6-14(10-12)19-15(7-8-18)11-3-1-5-13(17)9-11;16-12-4-1-3-11(9-12)15(7-8-18)19-14-6-2-5-13(17)10-14;16-12-5-3-4-11(10-12)14(8-9-18)19-15-7-2-1-6-13(15)17;16-13-6-4-5-12(11-13)15(9-10-17)18-14-7-2-1-3-8-14/h3-8,11-12,17H,9-10H2,1-2H3;2-8,11,14H,9-10,18H2,1H3;2*1-6,9-10,15H,7-8,18H2;1-7,10,14H,8-9,18H2;1-8,11,15H,9-10,17H2. The molecular formula is C93H98ClF9N6O6. The van der Waals surface area contributed by atoms with Gasteiger partial charge < -0.3 is 62.0 Å². The number of benzene rings is 12. The van der Waals surface area contributed by atoms with E-state index in [2.05, 4.69) is 4.90 Å². The maximum absolute atomic E-state index is 13.6. The van der Waals surface area contributed by atoms with Gasteiger partial charge in [0.05, 0.1) is 7.11 Å². The van der Waals surface area contributed by atoms with Crippen molar-refractivity contribution in [3.63, 3.8) is 0 Å². The molecule has 0 aliphatic rings. The van der Waals surface area contributed by atoms with Gasteiger partial charge in [0.1, 0.15) is 94.3 Å². The van der Waals surface area contributed by atoms with Gasteiger partial charge in [-0.3, -0.25) is 0 Å². The molecular weight excluding hydrogens is 1500 g/mol. The number of para-hydroxylation sites is 4. The lowest BCUT2D eigenvalue weighted by molar-refractivity contribution is 0.188. The smallest absolute Gasteiger partial charge is 0.165 e. The second-order valence-corrected chi connectivity index (χ2v) is 26.7.